The Labute approximate surface area is 214 Å². The zero-order valence-electron chi connectivity index (χ0n) is 19.7. The fourth-order valence-electron chi connectivity index (χ4n) is 5.58. The third-order valence-electron chi connectivity index (χ3n) is 7.60. The fraction of sp³-hybridized carbons (Fsp3) is 0.565. The van der Waals surface area contributed by atoms with Crippen LogP contribution in [0.5, 0.6) is 0 Å². The predicted molar refractivity (Wildman–Crippen MR) is 123 cm³/mol. The van der Waals surface area contributed by atoms with Crippen molar-refractivity contribution >= 4 is 11.6 Å². The highest BCUT2D eigenvalue weighted by Crippen LogP contribution is 2.47. The molecule has 0 spiro atoms. The topological polar surface area (TPSA) is 130 Å². The maximum absolute atomic E-state index is 14.5. The van der Waals surface area contributed by atoms with E-state index in [1.54, 1.807) is 0 Å². The Balaban J connectivity index is 1.27. The molecular formula is C23H25ClF2N6O5. The van der Waals surface area contributed by atoms with Crippen molar-refractivity contribution in [3.05, 3.63) is 46.9 Å². The first-order valence-electron chi connectivity index (χ1n) is 11.9. The first-order chi connectivity index (χ1) is 17.8. The molecule has 3 aliphatic heterocycles. The third-order valence-corrected chi connectivity index (χ3v) is 7.89. The van der Waals surface area contributed by atoms with Crippen molar-refractivity contribution in [2.45, 2.75) is 61.4 Å². The number of hydrogen-bond acceptors (Lipinski definition) is 9. The van der Waals surface area contributed by atoms with Crippen molar-refractivity contribution in [1.29, 1.82) is 0 Å². The van der Waals surface area contributed by atoms with Gasteiger partial charge >= 0.3 is 0 Å². The van der Waals surface area contributed by atoms with Gasteiger partial charge in [-0.15, -0.1) is 10.2 Å². The van der Waals surface area contributed by atoms with Crippen LogP contribution in [0.15, 0.2) is 24.5 Å². The zero-order valence-corrected chi connectivity index (χ0v) is 20.5. The monoisotopic (exact) mass is 538 g/mol. The molecule has 3 saturated heterocycles. The summed E-state index contributed by atoms with van der Waals surface area (Å²) in [5.41, 5.74) is 0.410. The minimum atomic E-state index is -1.23. The van der Waals surface area contributed by atoms with Crippen LogP contribution in [-0.2, 0) is 26.2 Å². The summed E-state index contributed by atoms with van der Waals surface area (Å²) in [4.78, 5) is 0. The lowest BCUT2D eigenvalue weighted by atomic mass is 9.78. The van der Waals surface area contributed by atoms with Gasteiger partial charge in [-0.05, 0) is 12.1 Å². The molecule has 37 heavy (non-hydrogen) atoms. The summed E-state index contributed by atoms with van der Waals surface area (Å²) in [6.45, 7) is 0.145. The van der Waals surface area contributed by atoms with Crippen LogP contribution < -0.4 is 0 Å². The molecule has 5 atom stereocenters. The number of rotatable bonds is 7. The Hall–Kier alpha value is -2.55. The fourth-order valence-corrected chi connectivity index (χ4v) is 5.73. The second kappa shape index (κ2) is 9.33. The summed E-state index contributed by atoms with van der Waals surface area (Å²) >= 11 is 5.66. The van der Waals surface area contributed by atoms with Crippen LogP contribution in [-0.4, -0.2) is 91.0 Å². The van der Waals surface area contributed by atoms with E-state index in [1.165, 1.54) is 30.1 Å². The number of fused-ring (bicyclic) bond motifs is 1. The van der Waals surface area contributed by atoms with Gasteiger partial charge < -0.3 is 24.4 Å². The number of methoxy groups -OCH3 is 1. The molecule has 1 aliphatic carbocycles. The van der Waals surface area contributed by atoms with Gasteiger partial charge in [0.1, 0.15) is 30.0 Å². The van der Waals surface area contributed by atoms with Gasteiger partial charge in [-0.25, -0.2) is 18.1 Å². The smallest absolute Gasteiger partial charge is 0.178 e. The van der Waals surface area contributed by atoms with Gasteiger partial charge in [0, 0.05) is 38.1 Å². The van der Waals surface area contributed by atoms with Crippen molar-refractivity contribution < 1.29 is 33.2 Å². The Morgan fingerprint density at radius 1 is 1.16 bits per heavy atom. The first kappa shape index (κ1) is 24.8. The van der Waals surface area contributed by atoms with E-state index in [4.69, 9.17) is 25.8 Å². The normalized spacial score (nSPS) is 33.0. The number of nitrogens with zero attached hydrogens (tertiary/aromatic N) is 6. The van der Waals surface area contributed by atoms with E-state index in [0.29, 0.717) is 12.3 Å². The van der Waals surface area contributed by atoms with Crippen molar-refractivity contribution in [3.63, 3.8) is 0 Å². The molecule has 2 N–H and O–H groups in total. The number of aromatic nitrogens is 6. The number of ether oxygens (including phenoxy) is 3. The Bertz CT molecular complexity index is 1290. The van der Waals surface area contributed by atoms with E-state index in [-0.39, 0.29) is 34.3 Å². The summed E-state index contributed by atoms with van der Waals surface area (Å²) in [6, 6.07) is 1.67. The Kier molecular flexibility index (Phi) is 6.24. The summed E-state index contributed by atoms with van der Waals surface area (Å²) in [5, 5.41) is 37.2. The summed E-state index contributed by atoms with van der Waals surface area (Å²) in [6.07, 6.45) is 2.06. The molecular weight excluding hydrogens is 514 g/mol. The second-order valence-electron chi connectivity index (χ2n) is 9.81. The number of aliphatic hydroxyl groups is 2. The molecule has 5 heterocycles. The quantitative estimate of drug-likeness (QED) is 0.427. The average Bonchev–Trinajstić information content (AvgIpc) is 3.67. The van der Waals surface area contributed by atoms with Crippen molar-refractivity contribution in [2.24, 2.45) is 0 Å². The molecule has 7 rings (SSSR count). The molecule has 2 bridgehead atoms. The van der Waals surface area contributed by atoms with Crippen LogP contribution >= 0.6 is 11.6 Å². The summed E-state index contributed by atoms with van der Waals surface area (Å²) < 4.78 is 49.1. The lowest BCUT2D eigenvalue weighted by Gasteiger charge is -2.43. The first-order valence-corrected chi connectivity index (χ1v) is 12.3. The molecule has 1 aromatic carbocycles. The van der Waals surface area contributed by atoms with Gasteiger partial charge in [0.2, 0.25) is 0 Å². The standard InChI is InChI=1S/C23H25ClF2N6O5/c1-35-22-16(4-11-7-32(30-27-11)23-5-12(6-23)36-10-23)37-17(9-33)21(34)20(22)31-8-15(28-29-31)13-2-3-14(24)19(26)18(13)25/h2-3,7-8,12,16-17,20-22,33-34H,4-6,9-10H2,1H3/t12?,16-,17-,20+,21+,22+,23?/m1/s1. The largest absolute Gasteiger partial charge is 0.394 e. The highest BCUT2D eigenvalue weighted by molar-refractivity contribution is 6.30. The van der Waals surface area contributed by atoms with E-state index in [0.717, 1.165) is 12.8 Å². The lowest BCUT2D eigenvalue weighted by molar-refractivity contribution is -0.212. The summed E-state index contributed by atoms with van der Waals surface area (Å²) in [7, 11) is 1.46. The molecule has 3 aromatic rings. The van der Waals surface area contributed by atoms with Crippen LogP contribution in [0, 0.1) is 11.6 Å². The van der Waals surface area contributed by atoms with E-state index in [9.17, 15) is 19.0 Å². The van der Waals surface area contributed by atoms with Gasteiger partial charge in [-0.2, -0.15) is 0 Å². The van der Waals surface area contributed by atoms with Gasteiger partial charge in [0.05, 0.1) is 47.9 Å². The highest BCUT2D eigenvalue weighted by Gasteiger charge is 2.54. The van der Waals surface area contributed by atoms with Gasteiger partial charge in [-0.1, -0.05) is 22.0 Å². The van der Waals surface area contributed by atoms with Gasteiger partial charge in [-0.3, -0.25) is 0 Å². The Morgan fingerprint density at radius 3 is 2.68 bits per heavy atom. The van der Waals surface area contributed by atoms with Crippen LogP contribution in [0.25, 0.3) is 11.3 Å². The van der Waals surface area contributed by atoms with Crippen LogP contribution in [0.1, 0.15) is 24.6 Å². The molecule has 4 aliphatic rings. The molecule has 0 radical (unpaired) electrons. The Morgan fingerprint density at radius 2 is 1.97 bits per heavy atom. The molecule has 1 saturated carbocycles. The maximum atomic E-state index is 14.5. The number of halogens is 3. The molecule has 0 amide bonds. The third kappa shape index (κ3) is 4.04. The predicted octanol–water partition coefficient (Wildman–Crippen LogP) is 1.28. The van der Waals surface area contributed by atoms with Crippen LogP contribution in [0.3, 0.4) is 0 Å². The van der Waals surface area contributed by atoms with Crippen LogP contribution in [0.4, 0.5) is 8.78 Å². The van der Waals surface area contributed by atoms with Crippen LogP contribution in [0.2, 0.25) is 5.02 Å². The lowest BCUT2D eigenvalue weighted by Crippen LogP contribution is -2.57. The molecule has 14 heteroatoms. The maximum Gasteiger partial charge on any atom is 0.178 e. The number of hydrogen-bond donors (Lipinski definition) is 2. The highest BCUT2D eigenvalue weighted by atomic mass is 35.5. The van der Waals surface area contributed by atoms with Crippen molar-refractivity contribution in [1.82, 2.24) is 30.0 Å². The SMILES string of the molecule is CO[C@@H]1[C@@H](n2cc(-c3ccc(Cl)c(F)c3F)nn2)[C@@H](O)[C@@H](CO)O[C@@H]1Cc1cn(C23COC(C2)C3)nn1. The second-order valence-corrected chi connectivity index (χ2v) is 10.2. The minimum absolute atomic E-state index is 0.0403. The molecule has 11 nitrogen and oxygen atoms in total. The molecule has 2 aromatic heterocycles. The van der Waals surface area contributed by atoms with Gasteiger partial charge in [0.25, 0.3) is 0 Å². The van der Waals surface area contributed by atoms with E-state index in [2.05, 4.69) is 20.6 Å². The molecule has 0 unspecified atom stereocenters. The van der Waals surface area contributed by atoms with E-state index < -0.39 is 48.7 Å². The van der Waals surface area contributed by atoms with Crippen molar-refractivity contribution in [2.75, 3.05) is 20.3 Å². The average molecular weight is 539 g/mol. The van der Waals surface area contributed by atoms with E-state index >= 15 is 0 Å². The minimum Gasteiger partial charge on any atom is -0.394 e. The number of aliphatic hydroxyl groups excluding tert-OH is 2. The summed E-state index contributed by atoms with van der Waals surface area (Å²) in [5.74, 6) is -2.35. The molecule has 198 valence electrons. The zero-order chi connectivity index (χ0) is 25.9. The van der Waals surface area contributed by atoms with Gasteiger partial charge in [0.15, 0.2) is 11.6 Å². The van der Waals surface area contributed by atoms with Crippen molar-refractivity contribution in [3.8, 4) is 11.3 Å². The number of benzene rings is 1. The molecule has 4 fully saturated rings. The van der Waals surface area contributed by atoms with E-state index in [1.807, 2.05) is 10.9 Å².